The fourth-order valence-electron chi connectivity index (χ4n) is 8.45. The summed E-state index contributed by atoms with van der Waals surface area (Å²) in [5, 5.41) is 2.32. The third kappa shape index (κ3) is 4.93. The van der Waals surface area contributed by atoms with Crippen LogP contribution in [0.4, 0.5) is 0 Å². The van der Waals surface area contributed by atoms with E-state index < -0.39 is 5.41 Å². The highest BCUT2D eigenvalue weighted by Gasteiger charge is 2.46. The van der Waals surface area contributed by atoms with Crippen molar-refractivity contribution in [1.82, 2.24) is 15.0 Å². The van der Waals surface area contributed by atoms with Crippen molar-refractivity contribution in [2.75, 3.05) is 0 Å². The molecule has 1 aliphatic carbocycles. The topological polar surface area (TPSA) is 38.7 Å². The predicted molar refractivity (Wildman–Crippen MR) is 216 cm³/mol. The first-order valence-corrected chi connectivity index (χ1v) is 18.0. The van der Waals surface area contributed by atoms with Crippen molar-refractivity contribution in [3.8, 4) is 56.2 Å². The van der Waals surface area contributed by atoms with Gasteiger partial charge in [-0.05, 0) is 73.5 Å². The molecule has 2 aromatic heterocycles. The molecule has 10 rings (SSSR count). The van der Waals surface area contributed by atoms with Crippen LogP contribution in [-0.2, 0) is 5.41 Å². The van der Waals surface area contributed by atoms with Gasteiger partial charge in [0.15, 0.2) is 5.82 Å². The van der Waals surface area contributed by atoms with E-state index in [4.69, 9.17) is 9.97 Å². The average Bonchev–Trinajstić information content (AvgIpc) is 3.56. The minimum absolute atomic E-state index is 0.460. The maximum absolute atomic E-state index is 5.20. The Balaban J connectivity index is 1.22. The van der Waals surface area contributed by atoms with Crippen molar-refractivity contribution in [1.29, 1.82) is 0 Å². The normalized spacial score (nSPS) is 12.7. The molecule has 53 heavy (non-hydrogen) atoms. The fourth-order valence-corrected chi connectivity index (χ4v) is 8.45. The van der Waals surface area contributed by atoms with Gasteiger partial charge >= 0.3 is 0 Å². The Bertz CT molecular complexity index is 2660. The zero-order valence-electron chi connectivity index (χ0n) is 28.9. The van der Waals surface area contributed by atoms with Crippen molar-refractivity contribution < 1.29 is 0 Å². The zero-order chi connectivity index (χ0) is 35.2. The van der Waals surface area contributed by atoms with Crippen LogP contribution in [0.15, 0.2) is 200 Å². The van der Waals surface area contributed by atoms with E-state index in [1.807, 2.05) is 42.7 Å². The summed E-state index contributed by atoms with van der Waals surface area (Å²) in [5.41, 5.74) is 14.4. The summed E-state index contributed by atoms with van der Waals surface area (Å²) in [6.45, 7) is 0. The van der Waals surface area contributed by atoms with E-state index in [-0.39, 0.29) is 0 Å². The minimum Gasteiger partial charge on any atom is -0.265 e. The van der Waals surface area contributed by atoms with Crippen LogP contribution in [0, 0.1) is 0 Å². The van der Waals surface area contributed by atoms with E-state index in [9.17, 15) is 0 Å². The number of hydrogen-bond donors (Lipinski definition) is 0. The van der Waals surface area contributed by atoms with E-state index in [1.165, 1.54) is 49.9 Å². The molecule has 0 spiro atoms. The highest BCUT2D eigenvalue weighted by atomic mass is 14.9. The molecule has 0 atom stereocenters. The number of benzene rings is 7. The molecule has 3 heteroatoms. The molecule has 0 saturated heterocycles. The quantitative estimate of drug-likeness (QED) is 0.176. The predicted octanol–water partition coefficient (Wildman–Crippen LogP) is 12.1. The minimum atomic E-state index is -0.460. The molecule has 0 unspecified atom stereocenters. The van der Waals surface area contributed by atoms with E-state index in [0.29, 0.717) is 5.82 Å². The maximum Gasteiger partial charge on any atom is 0.160 e. The van der Waals surface area contributed by atoms with Gasteiger partial charge in [-0.2, -0.15) is 0 Å². The number of fused-ring (bicyclic) bond motifs is 4. The fraction of sp³-hybridized carbons (Fsp3) is 0.0200. The molecule has 0 amide bonds. The van der Waals surface area contributed by atoms with E-state index >= 15 is 0 Å². The van der Waals surface area contributed by atoms with Crippen molar-refractivity contribution in [2.24, 2.45) is 0 Å². The maximum atomic E-state index is 5.20. The lowest BCUT2D eigenvalue weighted by Crippen LogP contribution is -2.28. The lowest BCUT2D eigenvalue weighted by Gasteiger charge is -2.34. The molecule has 0 radical (unpaired) electrons. The summed E-state index contributed by atoms with van der Waals surface area (Å²) in [5.74, 6) is 0.693. The van der Waals surface area contributed by atoms with Gasteiger partial charge in [0.2, 0.25) is 0 Å². The van der Waals surface area contributed by atoms with Gasteiger partial charge in [0.05, 0.1) is 16.8 Å². The van der Waals surface area contributed by atoms with E-state index in [2.05, 4.69) is 163 Å². The first-order valence-electron chi connectivity index (χ1n) is 18.0. The van der Waals surface area contributed by atoms with Gasteiger partial charge in [0, 0.05) is 29.1 Å². The first-order chi connectivity index (χ1) is 26.3. The third-order valence-corrected chi connectivity index (χ3v) is 10.7. The highest BCUT2D eigenvalue weighted by molar-refractivity contribution is 6.08. The Morgan fingerprint density at radius 1 is 0.358 bits per heavy atom. The van der Waals surface area contributed by atoms with Crippen molar-refractivity contribution in [2.45, 2.75) is 5.41 Å². The van der Waals surface area contributed by atoms with Crippen LogP contribution in [0.25, 0.3) is 66.9 Å². The van der Waals surface area contributed by atoms with Crippen LogP contribution in [-0.4, -0.2) is 15.0 Å². The van der Waals surface area contributed by atoms with Gasteiger partial charge in [-0.1, -0.05) is 170 Å². The Kier molecular flexibility index (Phi) is 7.36. The lowest BCUT2D eigenvalue weighted by molar-refractivity contribution is 0.768. The largest absolute Gasteiger partial charge is 0.265 e. The smallest absolute Gasteiger partial charge is 0.160 e. The van der Waals surface area contributed by atoms with Crippen LogP contribution in [0.5, 0.6) is 0 Å². The SMILES string of the molecule is c1ccc(-c2nc(-c3ccncc3)cc(-c3ccc(-c4cccc5c4-c4ccccc4C5(c4ccccc4)c4ccccc4)c4ccccc34)n2)cc1. The number of hydrogen-bond acceptors (Lipinski definition) is 3. The van der Waals surface area contributed by atoms with Gasteiger partial charge in [0.1, 0.15) is 0 Å². The average molecular weight is 676 g/mol. The molecular weight excluding hydrogens is 643 g/mol. The summed E-state index contributed by atoms with van der Waals surface area (Å²) in [6.07, 6.45) is 3.62. The monoisotopic (exact) mass is 675 g/mol. The summed E-state index contributed by atoms with van der Waals surface area (Å²) >= 11 is 0. The molecule has 0 bridgehead atoms. The lowest BCUT2D eigenvalue weighted by atomic mass is 9.67. The first kappa shape index (κ1) is 30.8. The Morgan fingerprint density at radius 3 is 1.62 bits per heavy atom. The Labute approximate surface area is 309 Å². The highest BCUT2D eigenvalue weighted by Crippen LogP contribution is 2.58. The van der Waals surface area contributed by atoms with Crippen molar-refractivity contribution in [3.05, 3.63) is 223 Å². The van der Waals surface area contributed by atoms with E-state index in [1.54, 1.807) is 0 Å². The van der Waals surface area contributed by atoms with Crippen LogP contribution in [0.3, 0.4) is 0 Å². The molecule has 9 aromatic rings. The summed E-state index contributed by atoms with van der Waals surface area (Å²) < 4.78 is 0. The zero-order valence-corrected chi connectivity index (χ0v) is 28.9. The summed E-state index contributed by atoms with van der Waals surface area (Å²) in [6, 6.07) is 67.4. The molecule has 7 aromatic carbocycles. The second kappa shape index (κ2) is 12.7. The number of nitrogens with zero attached hydrogens (tertiary/aromatic N) is 3. The molecular formula is C50H33N3. The van der Waals surface area contributed by atoms with Gasteiger partial charge in [-0.3, -0.25) is 4.98 Å². The molecule has 0 N–H and O–H groups in total. The summed E-state index contributed by atoms with van der Waals surface area (Å²) in [4.78, 5) is 14.5. The van der Waals surface area contributed by atoms with Crippen LogP contribution < -0.4 is 0 Å². The Morgan fingerprint density at radius 2 is 0.906 bits per heavy atom. The van der Waals surface area contributed by atoms with Gasteiger partial charge in [0.25, 0.3) is 0 Å². The van der Waals surface area contributed by atoms with Crippen LogP contribution in [0.2, 0.25) is 0 Å². The van der Waals surface area contributed by atoms with Gasteiger partial charge < -0.3 is 0 Å². The molecule has 0 saturated carbocycles. The van der Waals surface area contributed by atoms with Crippen molar-refractivity contribution >= 4 is 10.8 Å². The third-order valence-electron chi connectivity index (χ3n) is 10.7. The number of aromatic nitrogens is 3. The molecule has 248 valence electrons. The molecule has 0 aliphatic heterocycles. The molecule has 2 heterocycles. The second-order valence-electron chi connectivity index (χ2n) is 13.5. The van der Waals surface area contributed by atoms with Crippen molar-refractivity contribution in [3.63, 3.8) is 0 Å². The van der Waals surface area contributed by atoms with Crippen LogP contribution >= 0.6 is 0 Å². The summed E-state index contributed by atoms with van der Waals surface area (Å²) in [7, 11) is 0. The molecule has 0 fully saturated rings. The standard InChI is InChI=1S/C50H33N3/c1-4-15-35(16-5-1)49-52-46(34-29-31-51-32-30-34)33-47(53-49)41-28-27-40(38-21-10-11-22-39(38)41)42-24-14-26-45-48(42)43-23-12-13-25-44(43)50(45,36-17-6-2-7-18-36)37-19-8-3-9-20-37/h1-33H. The number of pyridine rings is 1. The van der Waals surface area contributed by atoms with E-state index in [0.717, 1.165) is 33.5 Å². The van der Waals surface area contributed by atoms with Crippen LogP contribution in [0.1, 0.15) is 22.3 Å². The Hall–Kier alpha value is -6.97. The molecule has 1 aliphatic rings. The number of rotatable bonds is 6. The van der Waals surface area contributed by atoms with Gasteiger partial charge in [-0.25, -0.2) is 9.97 Å². The van der Waals surface area contributed by atoms with Gasteiger partial charge in [-0.15, -0.1) is 0 Å². The second-order valence-corrected chi connectivity index (χ2v) is 13.5. The molecule has 3 nitrogen and oxygen atoms in total.